The van der Waals surface area contributed by atoms with E-state index in [0.29, 0.717) is 12.8 Å². The van der Waals surface area contributed by atoms with Gasteiger partial charge >= 0.3 is 17.9 Å². The van der Waals surface area contributed by atoms with Gasteiger partial charge in [-0.25, -0.2) is 0 Å². The number of rotatable bonds is 5. The molecule has 0 aromatic heterocycles. The van der Waals surface area contributed by atoms with Gasteiger partial charge in [-0.2, -0.15) is 0 Å². The third-order valence-electron chi connectivity index (χ3n) is 3.26. The Labute approximate surface area is 139 Å². The van der Waals surface area contributed by atoms with Gasteiger partial charge in [-0.05, 0) is 26.7 Å². The van der Waals surface area contributed by atoms with Gasteiger partial charge in [-0.3, -0.25) is 14.4 Å². The fraction of sp³-hybridized carbons (Fsp3) is 0.769. The van der Waals surface area contributed by atoms with Gasteiger partial charge in [0.2, 0.25) is 0 Å². The molecule has 0 amide bonds. The summed E-state index contributed by atoms with van der Waals surface area (Å²) in [6, 6.07) is 0. The molecule has 0 spiro atoms. The molecule has 1 fully saturated rings. The van der Waals surface area contributed by atoms with Crippen molar-refractivity contribution in [3.05, 3.63) is 0 Å². The molecule has 0 saturated heterocycles. The van der Waals surface area contributed by atoms with Crippen molar-refractivity contribution in [3.63, 3.8) is 0 Å². The maximum absolute atomic E-state index is 11.6. The minimum absolute atomic E-state index is 0.202. The summed E-state index contributed by atoms with van der Waals surface area (Å²) in [5.41, 5.74) is 0. The lowest BCUT2D eigenvalue weighted by Gasteiger charge is -2.33. The number of carbonyl (C=O) groups is 3. The Morgan fingerprint density at radius 3 is 2.05 bits per heavy atom. The number of carboxylic acid groups (broad SMARTS) is 1. The number of halogens is 2. The summed E-state index contributed by atoms with van der Waals surface area (Å²) in [4.78, 5) is 33.5. The topological polar surface area (TPSA) is 89.9 Å². The second kappa shape index (κ2) is 8.12. The van der Waals surface area contributed by atoms with E-state index < -0.39 is 45.7 Å². The highest BCUT2D eigenvalue weighted by atomic mass is 79.9. The number of ether oxygens (including phenoxy) is 2. The van der Waals surface area contributed by atoms with Crippen molar-refractivity contribution in [2.24, 2.45) is 5.92 Å². The first-order valence-electron chi connectivity index (χ1n) is 6.64. The lowest BCUT2D eigenvalue weighted by atomic mass is 9.84. The zero-order chi connectivity index (χ0) is 16.2. The summed E-state index contributed by atoms with van der Waals surface area (Å²) in [5.74, 6) is -2.70. The van der Waals surface area contributed by atoms with Crippen molar-refractivity contribution in [3.8, 4) is 0 Å². The maximum Gasteiger partial charge on any atom is 0.319 e. The Kier molecular flexibility index (Phi) is 7.12. The quantitative estimate of drug-likeness (QED) is 0.532. The molecule has 0 bridgehead atoms. The summed E-state index contributed by atoms with van der Waals surface area (Å²) in [5, 5.41) is 9.20. The molecule has 21 heavy (non-hydrogen) atoms. The Morgan fingerprint density at radius 1 is 1.05 bits per heavy atom. The first-order chi connectivity index (χ1) is 9.72. The normalized spacial score (nSPS) is 28.3. The van der Waals surface area contributed by atoms with Crippen LogP contribution >= 0.6 is 31.9 Å². The van der Waals surface area contributed by atoms with Crippen LogP contribution in [0.25, 0.3) is 0 Å². The number of esters is 2. The Bertz CT molecular complexity index is 409. The van der Waals surface area contributed by atoms with E-state index in [1.165, 1.54) is 0 Å². The number of hydrogen-bond donors (Lipinski definition) is 1. The largest absolute Gasteiger partial charge is 0.481 e. The van der Waals surface area contributed by atoms with Crippen LogP contribution in [0, 0.1) is 5.92 Å². The third kappa shape index (κ3) is 5.58. The molecule has 1 N–H and O–H groups in total. The predicted octanol–water partition coefficient (Wildman–Crippen LogP) is 2.26. The molecule has 1 aliphatic carbocycles. The van der Waals surface area contributed by atoms with E-state index in [1.807, 2.05) is 0 Å². The highest BCUT2D eigenvalue weighted by molar-refractivity contribution is 9.10. The molecular formula is C13H18Br2O6. The predicted molar refractivity (Wildman–Crippen MR) is 81.5 cm³/mol. The van der Waals surface area contributed by atoms with Gasteiger partial charge in [-0.1, -0.05) is 31.9 Å². The van der Waals surface area contributed by atoms with Crippen LogP contribution < -0.4 is 0 Å². The van der Waals surface area contributed by atoms with Gasteiger partial charge in [0.15, 0.2) is 0 Å². The van der Waals surface area contributed by atoms with Crippen LogP contribution in [0.2, 0.25) is 0 Å². The van der Waals surface area contributed by atoms with Gasteiger partial charge in [0, 0.05) is 6.42 Å². The van der Waals surface area contributed by atoms with Crippen molar-refractivity contribution >= 4 is 49.8 Å². The van der Waals surface area contributed by atoms with Crippen LogP contribution in [0.15, 0.2) is 0 Å². The van der Waals surface area contributed by atoms with E-state index in [9.17, 15) is 19.5 Å². The molecule has 0 aliphatic heterocycles. The van der Waals surface area contributed by atoms with E-state index in [0.717, 1.165) is 0 Å². The zero-order valence-electron chi connectivity index (χ0n) is 11.8. The number of alkyl halides is 2. The molecule has 8 heteroatoms. The molecule has 6 nitrogen and oxygen atoms in total. The molecule has 5 atom stereocenters. The van der Waals surface area contributed by atoms with Gasteiger partial charge in [-0.15, -0.1) is 0 Å². The maximum atomic E-state index is 11.6. The molecule has 0 radical (unpaired) electrons. The fourth-order valence-electron chi connectivity index (χ4n) is 2.11. The van der Waals surface area contributed by atoms with E-state index in [2.05, 4.69) is 31.9 Å². The lowest BCUT2D eigenvalue weighted by Crippen LogP contribution is -2.42. The highest BCUT2D eigenvalue weighted by Crippen LogP contribution is 2.30. The fourth-order valence-corrected chi connectivity index (χ4v) is 2.33. The van der Waals surface area contributed by atoms with E-state index in [4.69, 9.17) is 9.47 Å². The van der Waals surface area contributed by atoms with Gasteiger partial charge in [0.25, 0.3) is 0 Å². The Balaban J connectivity index is 2.70. The number of carbonyl (C=O) groups excluding carboxylic acids is 2. The molecule has 0 aromatic carbocycles. The minimum atomic E-state index is -1.01. The Hall–Kier alpha value is -0.630. The monoisotopic (exact) mass is 428 g/mol. The molecule has 1 aliphatic rings. The molecule has 5 unspecified atom stereocenters. The summed E-state index contributed by atoms with van der Waals surface area (Å²) < 4.78 is 10.5. The standard InChI is InChI=1S/C13H18Br2O6/c1-6(14)12(18)20-8-3-4-9(11(16)17)10(5-8)21-13(19)7(2)15/h6-10H,3-5H2,1-2H3,(H,16,17). The lowest BCUT2D eigenvalue weighted by molar-refractivity contribution is -0.167. The van der Waals surface area contributed by atoms with Crippen molar-refractivity contribution in [1.82, 2.24) is 0 Å². The van der Waals surface area contributed by atoms with Crippen LogP contribution in [0.1, 0.15) is 33.1 Å². The van der Waals surface area contributed by atoms with Gasteiger partial charge in [0.1, 0.15) is 21.9 Å². The van der Waals surface area contributed by atoms with E-state index >= 15 is 0 Å². The van der Waals surface area contributed by atoms with Crippen LogP contribution in [-0.4, -0.2) is 44.9 Å². The van der Waals surface area contributed by atoms with Crippen LogP contribution in [0.3, 0.4) is 0 Å². The van der Waals surface area contributed by atoms with E-state index in [-0.39, 0.29) is 6.42 Å². The molecule has 120 valence electrons. The van der Waals surface area contributed by atoms with Crippen molar-refractivity contribution in [2.45, 2.75) is 55.0 Å². The first kappa shape index (κ1) is 18.4. The third-order valence-corrected chi connectivity index (χ3v) is 4.01. The number of carboxylic acids is 1. The second-order valence-corrected chi connectivity index (χ2v) is 7.77. The summed E-state index contributed by atoms with van der Waals surface area (Å²) in [6.07, 6.45) is -0.268. The van der Waals surface area contributed by atoms with Crippen molar-refractivity contribution < 1.29 is 29.0 Å². The van der Waals surface area contributed by atoms with Crippen LogP contribution in [0.5, 0.6) is 0 Å². The van der Waals surface area contributed by atoms with Crippen LogP contribution in [0.4, 0.5) is 0 Å². The van der Waals surface area contributed by atoms with Crippen molar-refractivity contribution in [1.29, 1.82) is 0 Å². The highest BCUT2D eigenvalue weighted by Gasteiger charge is 2.39. The average molecular weight is 430 g/mol. The second-order valence-electron chi connectivity index (χ2n) is 5.02. The molecule has 1 rings (SSSR count). The molecule has 1 saturated carbocycles. The zero-order valence-corrected chi connectivity index (χ0v) is 14.9. The Morgan fingerprint density at radius 2 is 1.57 bits per heavy atom. The molecule has 0 aromatic rings. The number of hydrogen-bond acceptors (Lipinski definition) is 5. The van der Waals surface area contributed by atoms with Crippen LogP contribution in [-0.2, 0) is 23.9 Å². The SMILES string of the molecule is CC(Br)C(=O)OC1CCC(C(=O)O)C(OC(=O)C(C)Br)C1. The summed E-state index contributed by atoms with van der Waals surface area (Å²) >= 11 is 6.20. The number of aliphatic carboxylic acids is 1. The smallest absolute Gasteiger partial charge is 0.319 e. The summed E-state index contributed by atoms with van der Waals surface area (Å²) in [6.45, 7) is 3.25. The minimum Gasteiger partial charge on any atom is -0.481 e. The van der Waals surface area contributed by atoms with Gasteiger partial charge in [0.05, 0.1) is 5.92 Å². The average Bonchev–Trinajstić information content (AvgIpc) is 2.38. The molecule has 0 heterocycles. The van der Waals surface area contributed by atoms with Gasteiger partial charge < -0.3 is 14.6 Å². The summed E-state index contributed by atoms with van der Waals surface area (Å²) in [7, 11) is 0. The van der Waals surface area contributed by atoms with Crippen molar-refractivity contribution in [2.75, 3.05) is 0 Å². The van der Waals surface area contributed by atoms with E-state index in [1.54, 1.807) is 13.8 Å². The molecular weight excluding hydrogens is 412 g/mol. The first-order valence-corrected chi connectivity index (χ1v) is 8.47.